The van der Waals surface area contributed by atoms with Gasteiger partial charge in [-0.05, 0) is 48.9 Å². The zero-order valence-electron chi connectivity index (χ0n) is 16.1. The molecular weight excluding hydrogens is 348 g/mol. The molecule has 0 radical (unpaired) electrons. The highest BCUT2D eigenvalue weighted by Gasteiger charge is 2.36. The van der Waals surface area contributed by atoms with Gasteiger partial charge in [0, 0.05) is 31.1 Å². The molecule has 1 unspecified atom stereocenters. The second-order valence-corrected chi connectivity index (χ2v) is 7.92. The molecule has 5 heteroatoms. The van der Waals surface area contributed by atoms with Crippen LogP contribution in [0.3, 0.4) is 0 Å². The lowest BCUT2D eigenvalue weighted by molar-refractivity contribution is -0.123. The van der Waals surface area contributed by atoms with Crippen LogP contribution in [0, 0.1) is 5.92 Å². The number of fused-ring (bicyclic) bond motifs is 2. The molecule has 0 N–H and O–H groups in total. The summed E-state index contributed by atoms with van der Waals surface area (Å²) in [5.74, 6) is 0.212. The zero-order chi connectivity index (χ0) is 19.1. The van der Waals surface area contributed by atoms with Crippen molar-refractivity contribution in [2.45, 2.75) is 38.1 Å². The van der Waals surface area contributed by atoms with Crippen LogP contribution in [0.15, 0.2) is 54.6 Å². The number of para-hydroxylation sites is 1. The Morgan fingerprint density at radius 1 is 1.00 bits per heavy atom. The molecule has 0 aliphatic heterocycles. The average Bonchev–Trinajstić information content (AvgIpc) is 3.32. The Labute approximate surface area is 165 Å². The Hall–Kier alpha value is -2.95. The lowest BCUT2D eigenvalue weighted by Gasteiger charge is -2.33. The van der Waals surface area contributed by atoms with Crippen molar-refractivity contribution in [3.8, 4) is 0 Å². The standard InChI is InChI=1S/C23H24N4O/c1-26-22-15-18(11-12-21(22)24-25-26)23(28)27(19-9-3-2-4-10-19)20-13-16-7-5-6-8-17(16)14-20/h2-10,18,20H,11-15H2,1H3. The largest absolute Gasteiger partial charge is 0.308 e. The van der Waals surface area contributed by atoms with E-state index in [1.807, 2.05) is 29.9 Å². The molecule has 0 spiro atoms. The number of carbonyl (C=O) groups excluding carboxylic acids is 1. The number of anilines is 1. The summed E-state index contributed by atoms with van der Waals surface area (Å²) >= 11 is 0. The summed E-state index contributed by atoms with van der Waals surface area (Å²) in [7, 11) is 1.92. The molecule has 1 aromatic heterocycles. The van der Waals surface area contributed by atoms with Crippen LogP contribution in [0.5, 0.6) is 0 Å². The second kappa shape index (κ2) is 6.89. The Morgan fingerprint density at radius 3 is 2.39 bits per heavy atom. The number of hydrogen-bond donors (Lipinski definition) is 0. The summed E-state index contributed by atoms with van der Waals surface area (Å²) in [6.07, 6.45) is 4.23. The SMILES string of the molecule is Cn1nnc2c1CC(C(=O)N(c1ccccc1)C1Cc3ccccc3C1)CC2. The molecule has 2 aromatic carbocycles. The van der Waals surface area contributed by atoms with Gasteiger partial charge in [-0.15, -0.1) is 5.10 Å². The van der Waals surface area contributed by atoms with Gasteiger partial charge in [-0.1, -0.05) is 47.7 Å². The summed E-state index contributed by atoms with van der Waals surface area (Å²) in [6, 6.07) is 18.9. The van der Waals surface area contributed by atoms with E-state index in [4.69, 9.17) is 0 Å². The minimum atomic E-state index is -0.0198. The summed E-state index contributed by atoms with van der Waals surface area (Å²) < 4.78 is 1.83. The monoisotopic (exact) mass is 372 g/mol. The van der Waals surface area contributed by atoms with E-state index >= 15 is 0 Å². The van der Waals surface area contributed by atoms with Crippen molar-refractivity contribution in [2.75, 3.05) is 4.90 Å². The lowest BCUT2D eigenvalue weighted by atomic mass is 9.88. The Morgan fingerprint density at radius 2 is 1.68 bits per heavy atom. The summed E-state index contributed by atoms with van der Waals surface area (Å²) in [6.45, 7) is 0. The van der Waals surface area contributed by atoms with Crippen LogP contribution in [0.4, 0.5) is 5.69 Å². The first-order valence-corrected chi connectivity index (χ1v) is 10.0. The minimum Gasteiger partial charge on any atom is -0.308 e. The number of carbonyl (C=O) groups is 1. The van der Waals surface area contributed by atoms with Gasteiger partial charge in [-0.2, -0.15) is 0 Å². The number of rotatable bonds is 3. The maximum atomic E-state index is 13.8. The molecule has 142 valence electrons. The van der Waals surface area contributed by atoms with E-state index in [0.717, 1.165) is 49.2 Å². The smallest absolute Gasteiger partial charge is 0.230 e. The third kappa shape index (κ3) is 2.91. The molecule has 1 atom stereocenters. The number of nitrogens with zero attached hydrogens (tertiary/aromatic N) is 4. The zero-order valence-corrected chi connectivity index (χ0v) is 16.1. The molecule has 28 heavy (non-hydrogen) atoms. The molecule has 2 aliphatic carbocycles. The third-order valence-corrected chi connectivity index (χ3v) is 6.21. The molecule has 3 aromatic rings. The van der Waals surface area contributed by atoms with Crippen LogP contribution in [0.1, 0.15) is 28.9 Å². The van der Waals surface area contributed by atoms with Gasteiger partial charge in [0.15, 0.2) is 0 Å². The number of aryl methyl sites for hydroxylation is 2. The number of hydrogen-bond acceptors (Lipinski definition) is 3. The lowest BCUT2D eigenvalue weighted by Crippen LogP contribution is -2.45. The van der Waals surface area contributed by atoms with Gasteiger partial charge >= 0.3 is 0 Å². The van der Waals surface area contributed by atoms with Crippen molar-refractivity contribution in [3.63, 3.8) is 0 Å². The molecule has 0 bridgehead atoms. The van der Waals surface area contributed by atoms with E-state index in [0.29, 0.717) is 0 Å². The Balaban J connectivity index is 1.46. The van der Waals surface area contributed by atoms with E-state index in [-0.39, 0.29) is 17.9 Å². The van der Waals surface area contributed by atoms with Crippen molar-refractivity contribution < 1.29 is 4.79 Å². The van der Waals surface area contributed by atoms with Crippen LogP contribution in [-0.2, 0) is 37.5 Å². The molecule has 0 saturated heterocycles. The van der Waals surface area contributed by atoms with Crippen molar-refractivity contribution in [1.29, 1.82) is 0 Å². The quantitative estimate of drug-likeness (QED) is 0.710. The van der Waals surface area contributed by atoms with Gasteiger partial charge in [0.2, 0.25) is 5.91 Å². The molecule has 5 nitrogen and oxygen atoms in total. The van der Waals surface area contributed by atoms with Crippen molar-refractivity contribution >= 4 is 11.6 Å². The predicted octanol–water partition coefficient (Wildman–Crippen LogP) is 3.12. The molecule has 0 fully saturated rings. The topological polar surface area (TPSA) is 51.0 Å². The highest BCUT2D eigenvalue weighted by molar-refractivity contribution is 5.96. The second-order valence-electron chi connectivity index (χ2n) is 7.92. The Kier molecular flexibility index (Phi) is 4.23. The van der Waals surface area contributed by atoms with Crippen LogP contribution in [0.25, 0.3) is 0 Å². The first-order valence-electron chi connectivity index (χ1n) is 10.0. The van der Waals surface area contributed by atoms with E-state index < -0.39 is 0 Å². The predicted molar refractivity (Wildman–Crippen MR) is 108 cm³/mol. The normalized spacial score (nSPS) is 18.5. The van der Waals surface area contributed by atoms with E-state index in [2.05, 4.69) is 51.6 Å². The van der Waals surface area contributed by atoms with Crippen LogP contribution in [-0.4, -0.2) is 26.9 Å². The highest BCUT2D eigenvalue weighted by Crippen LogP contribution is 2.33. The first kappa shape index (κ1) is 17.2. The van der Waals surface area contributed by atoms with Crippen molar-refractivity contribution in [3.05, 3.63) is 77.1 Å². The first-order chi connectivity index (χ1) is 13.7. The average molecular weight is 372 g/mol. The fraction of sp³-hybridized carbons (Fsp3) is 0.348. The van der Waals surface area contributed by atoms with Crippen LogP contribution in [0.2, 0.25) is 0 Å². The van der Waals surface area contributed by atoms with Crippen molar-refractivity contribution in [2.24, 2.45) is 13.0 Å². The fourth-order valence-electron chi connectivity index (χ4n) is 4.74. The number of benzene rings is 2. The minimum absolute atomic E-state index is 0.0198. The molecular formula is C23H24N4O. The Bertz CT molecular complexity index is 985. The summed E-state index contributed by atoms with van der Waals surface area (Å²) in [4.78, 5) is 15.8. The molecule has 1 heterocycles. The summed E-state index contributed by atoms with van der Waals surface area (Å²) in [5, 5.41) is 8.39. The van der Waals surface area contributed by atoms with Gasteiger partial charge in [0.1, 0.15) is 0 Å². The maximum absolute atomic E-state index is 13.8. The van der Waals surface area contributed by atoms with Gasteiger partial charge < -0.3 is 4.90 Å². The van der Waals surface area contributed by atoms with Crippen molar-refractivity contribution in [1.82, 2.24) is 15.0 Å². The molecule has 0 saturated carbocycles. The van der Waals surface area contributed by atoms with Crippen LogP contribution >= 0.6 is 0 Å². The maximum Gasteiger partial charge on any atom is 0.230 e. The fourth-order valence-corrected chi connectivity index (χ4v) is 4.74. The third-order valence-electron chi connectivity index (χ3n) is 6.21. The van der Waals surface area contributed by atoms with Gasteiger partial charge in [-0.3, -0.25) is 9.48 Å². The van der Waals surface area contributed by atoms with Gasteiger partial charge in [-0.25, -0.2) is 0 Å². The molecule has 1 amide bonds. The molecule has 2 aliphatic rings. The van der Waals surface area contributed by atoms with E-state index in [9.17, 15) is 4.79 Å². The van der Waals surface area contributed by atoms with Gasteiger partial charge in [0.25, 0.3) is 0 Å². The van der Waals surface area contributed by atoms with E-state index in [1.165, 1.54) is 11.1 Å². The molecule has 5 rings (SSSR count). The van der Waals surface area contributed by atoms with E-state index in [1.54, 1.807) is 0 Å². The number of amides is 1. The van der Waals surface area contributed by atoms with Crippen LogP contribution < -0.4 is 4.90 Å². The summed E-state index contributed by atoms with van der Waals surface area (Å²) in [5.41, 5.74) is 5.88. The number of aromatic nitrogens is 3. The van der Waals surface area contributed by atoms with Gasteiger partial charge in [0.05, 0.1) is 11.4 Å². The highest BCUT2D eigenvalue weighted by atomic mass is 16.2.